The molecule has 0 bridgehead atoms. The topological polar surface area (TPSA) is 18.5 Å². The lowest BCUT2D eigenvalue weighted by Gasteiger charge is -2.11. The normalized spacial score (nSPS) is 14.8. The standard InChI is InChI=1S/C12H13BrO2S/c1-14-9-6-8(11-4-3-5-16-11)7-10(15-2)12(9)13/h4,6-7H,3,5H2,1-2H3. The van der Waals surface area contributed by atoms with Crippen molar-refractivity contribution in [2.24, 2.45) is 0 Å². The van der Waals surface area contributed by atoms with Crippen LogP contribution >= 0.6 is 27.7 Å². The van der Waals surface area contributed by atoms with Crippen molar-refractivity contribution in [1.82, 2.24) is 0 Å². The monoisotopic (exact) mass is 300 g/mol. The Morgan fingerprint density at radius 3 is 2.25 bits per heavy atom. The minimum Gasteiger partial charge on any atom is -0.495 e. The van der Waals surface area contributed by atoms with Gasteiger partial charge in [0.05, 0.1) is 14.2 Å². The van der Waals surface area contributed by atoms with E-state index in [2.05, 4.69) is 22.0 Å². The van der Waals surface area contributed by atoms with Gasteiger partial charge in [-0.3, -0.25) is 0 Å². The van der Waals surface area contributed by atoms with Gasteiger partial charge in [-0.05, 0) is 40.0 Å². The smallest absolute Gasteiger partial charge is 0.137 e. The molecule has 0 unspecified atom stereocenters. The Hall–Kier alpha value is -0.610. The minimum absolute atomic E-state index is 0.808. The maximum absolute atomic E-state index is 5.32. The molecule has 0 saturated carbocycles. The zero-order valence-electron chi connectivity index (χ0n) is 9.25. The minimum atomic E-state index is 0.808. The van der Waals surface area contributed by atoms with Gasteiger partial charge in [0.1, 0.15) is 16.0 Å². The van der Waals surface area contributed by atoms with Crippen molar-refractivity contribution in [3.8, 4) is 11.5 Å². The van der Waals surface area contributed by atoms with Gasteiger partial charge in [-0.2, -0.15) is 0 Å². The summed E-state index contributed by atoms with van der Waals surface area (Å²) in [6.45, 7) is 0. The lowest BCUT2D eigenvalue weighted by atomic mass is 10.1. The molecule has 4 heteroatoms. The van der Waals surface area contributed by atoms with Gasteiger partial charge in [-0.25, -0.2) is 0 Å². The molecule has 0 fully saturated rings. The predicted octanol–water partition coefficient (Wildman–Crippen LogP) is 3.94. The number of rotatable bonds is 3. The van der Waals surface area contributed by atoms with Crippen molar-refractivity contribution < 1.29 is 9.47 Å². The van der Waals surface area contributed by atoms with Gasteiger partial charge in [-0.1, -0.05) is 6.08 Å². The van der Waals surface area contributed by atoms with Gasteiger partial charge in [0.15, 0.2) is 0 Å². The quantitative estimate of drug-likeness (QED) is 0.842. The van der Waals surface area contributed by atoms with Crippen LogP contribution in [-0.4, -0.2) is 20.0 Å². The second-order valence-electron chi connectivity index (χ2n) is 3.40. The van der Waals surface area contributed by atoms with Crippen molar-refractivity contribution in [2.75, 3.05) is 20.0 Å². The number of halogens is 1. The van der Waals surface area contributed by atoms with Crippen LogP contribution in [0, 0.1) is 0 Å². The summed E-state index contributed by atoms with van der Waals surface area (Å²) in [7, 11) is 3.33. The highest BCUT2D eigenvalue weighted by Crippen LogP contribution is 2.41. The van der Waals surface area contributed by atoms with Crippen molar-refractivity contribution in [2.45, 2.75) is 6.42 Å². The van der Waals surface area contributed by atoms with Gasteiger partial charge >= 0.3 is 0 Å². The molecule has 16 heavy (non-hydrogen) atoms. The van der Waals surface area contributed by atoms with E-state index in [0.29, 0.717) is 0 Å². The maximum Gasteiger partial charge on any atom is 0.137 e. The van der Waals surface area contributed by atoms with E-state index in [-0.39, 0.29) is 0 Å². The SMILES string of the molecule is COc1cc(C2=CCCS2)cc(OC)c1Br. The number of hydrogen-bond donors (Lipinski definition) is 0. The summed E-state index contributed by atoms with van der Waals surface area (Å²) in [5.41, 5.74) is 1.17. The first-order valence-electron chi connectivity index (χ1n) is 5.01. The van der Waals surface area contributed by atoms with E-state index < -0.39 is 0 Å². The lowest BCUT2D eigenvalue weighted by molar-refractivity contribution is 0.389. The second kappa shape index (κ2) is 5.15. The zero-order chi connectivity index (χ0) is 11.5. The summed E-state index contributed by atoms with van der Waals surface area (Å²) in [5.74, 6) is 2.78. The van der Waals surface area contributed by atoms with E-state index in [1.807, 2.05) is 23.9 Å². The van der Waals surface area contributed by atoms with Gasteiger partial charge in [-0.15, -0.1) is 11.8 Å². The van der Waals surface area contributed by atoms with Crippen LogP contribution in [0.4, 0.5) is 0 Å². The third kappa shape index (κ3) is 2.23. The Morgan fingerprint density at radius 1 is 1.19 bits per heavy atom. The molecule has 1 heterocycles. The average molecular weight is 301 g/mol. The highest BCUT2D eigenvalue weighted by molar-refractivity contribution is 9.10. The maximum atomic E-state index is 5.32. The molecule has 2 nitrogen and oxygen atoms in total. The Labute approximate surface area is 108 Å². The van der Waals surface area contributed by atoms with E-state index in [1.165, 1.54) is 10.5 Å². The van der Waals surface area contributed by atoms with Gasteiger partial charge < -0.3 is 9.47 Å². The van der Waals surface area contributed by atoms with Crippen LogP contribution in [0.15, 0.2) is 22.7 Å². The second-order valence-corrected chi connectivity index (χ2v) is 5.33. The fourth-order valence-corrected chi connectivity index (χ4v) is 3.16. The molecule has 1 aromatic carbocycles. The van der Waals surface area contributed by atoms with Gasteiger partial charge in [0, 0.05) is 10.7 Å². The van der Waals surface area contributed by atoms with E-state index in [4.69, 9.17) is 9.47 Å². The first-order valence-corrected chi connectivity index (χ1v) is 6.79. The molecule has 0 N–H and O–H groups in total. The molecular formula is C12H13BrO2S. The van der Waals surface area contributed by atoms with Crippen LogP contribution < -0.4 is 9.47 Å². The highest BCUT2D eigenvalue weighted by atomic mass is 79.9. The Kier molecular flexibility index (Phi) is 3.82. The predicted molar refractivity (Wildman–Crippen MR) is 72.3 cm³/mol. The largest absolute Gasteiger partial charge is 0.495 e. The summed E-state index contributed by atoms with van der Waals surface area (Å²) >= 11 is 5.34. The van der Waals surface area contributed by atoms with E-state index in [1.54, 1.807) is 14.2 Å². The summed E-state index contributed by atoms with van der Waals surface area (Å²) in [6, 6.07) is 4.08. The highest BCUT2D eigenvalue weighted by Gasteiger charge is 2.14. The van der Waals surface area contributed by atoms with Crippen molar-refractivity contribution in [3.05, 3.63) is 28.2 Å². The average Bonchev–Trinajstić information content (AvgIpc) is 2.83. The first-order chi connectivity index (χ1) is 7.76. The Morgan fingerprint density at radius 2 is 1.81 bits per heavy atom. The van der Waals surface area contributed by atoms with Crippen LogP contribution in [0.2, 0.25) is 0 Å². The molecule has 0 amide bonds. The van der Waals surface area contributed by atoms with Crippen molar-refractivity contribution in [1.29, 1.82) is 0 Å². The van der Waals surface area contributed by atoms with Gasteiger partial charge in [0.25, 0.3) is 0 Å². The summed E-state index contributed by atoms with van der Waals surface area (Å²) in [6.07, 6.45) is 3.40. The number of ether oxygens (including phenoxy) is 2. The molecule has 2 rings (SSSR count). The summed E-state index contributed by atoms with van der Waals surface area (Å²) in [5, 5.41) is 0. The number of methoxy groups -OCH3 is 2. The number of benzene rings is 1. The van der Waals surface area contributed by atoms with E-state index >= 15 is 0 Å². The molecule has 1 aliphatic rings. The van der Waals surface area contributed by atoms with Crippen LogP contribution in [0.1, 0.15) is 12.0 Å². The third-order valence-corrected chi connectivity index (χ3v) is 4.37. The van der Waals surface area contributed by atoms with Crippen LogP contribution in [0.3, 0.4) is 0 Å². The Balaban J connectivity index is 2.46. The Bertz CT molecular complexity index is 404. The molecule has 1 aliphatic heterocycles. The summed E-state index contributed by atoms with van der Waals surface area (Å²) in [4.78, 5) is 1.31. The number of thioether (sulfide) groups is 1. The fraction of sp³-hybridized carbons (Fsp3) is 0.333. The molecule has 0 radical (unpaired) electrons. The molecule has 86 valence electrons. The molecule has 0 atom stereocenters. The first kappa shape index (κ1) is 11.9. The van der Waals surface area contributed by atoms with E-state index in [0.717, 1.165) is 28.1 Å². The van der Waals surface area contributed by atoms with Crippen LogP contribution in [-0.2, 0) is 0 Å². The number of allylic oxidation sites excluding steroid dienone is 1. The fourth-order valence-electron chi connectivity index (χ4n) is 1.63. The molecule has 0 saturated heterocycles. The number of hydrogen-bond acceptors (Lipinski definition) is 3. The molecular weight excluding hydrogens is 288 g/mol. The lowest BCUT2D eigenvalue weighted by Crippen LogP contribution is -1.92. The molecule has 0 aliphatic carbocycles. The third-order valence-electron chi connectivity index (χ3n) is 2.44. The zero-order valence-corrected chi connectivity index (χ0v) is 11.7. The van der Waals surface area contributed by atoms with Crippen LogP contribution in [0.25, 0.3) is 4.91 Å². The molecule has 0 spiro atoms. The van der Waals surface area contributed by atoms with Crippen LogP contribution in [0.5, 0.6) is 11.5 Å². The van der Waals surface area contributed by atoms with E-state index in [9.17, 15) is 0 Å². The molecule has 1 aromatic rings. The van der Waals surface area contributed by atoms with Gasteiger partial charge in [0.2, 0.25) is 0 Å². The molecule has 0 aromatic heterocycles. The summed E-state index contributed by atoms with van der Waals surface area (Å²) < 4.78 is 11.5. The van der Waals surface area contributed by atoms with Crippen molar-refractivity contribution in [3.63, 3.8) is 0 Å². The van der Waals surface area contributed by atoms with Crippen molar-refractivity contribution >= 4 is 32.6 Å².